The van der Waals surface area contributed by atoms with Crippen molar-refractivity contribution in [3.8, 4) is 0 Å². The third-order valence-electron chi connectivity index (χ3n) is 4.02. The van der Waals surface area contributed by atoms with E-state index in [-0.39, 0.29) is 6.09 Å². The standard InChI is InChI=1S/C17H21BrN2O2/c1-17(2,3)22-16(21)20-8-7-12-13-9-11(18)5-6-14(13)19(4)15(12)10-20/h5-6,9H,7-8,10H2,1-4H3. The van der Waals surface area contributed by atoms with Crippen LogP contribution in [0.3, 0.4) is 0 Å². The normalized spacial score (nSPS) is 15.0. The minimum absolute atomic E-state index is 0.232. The first-order valence-electron chi connectivity index (χ1n) is 7.50. The molecule has 0 atom stereocenters. The molecule has 22 heavy (non-hydrogen) atoms. The first-order valence-corrected chi connectivity index (χ1v) is 8.29. The molecule has 0 saturated carbocycles. The van der Waals surface area contributed by atoms with Gasteiger partial charge in [-0.2, -0.15) is 0 Å². The fraction of sp³-hybridized carbons (Fsp3) is 0.471. The average molecular weight is 365 g/mol. The molecule has 4 nitrogen and oxygen atoms in total. The number of carbonyl (C=O) groups excluding carboxylic acids is 1. The number of halogens is 1. The van der Waals surface area contributed by atoms with E-state index in [0.717, 1.165) is 10.9 Å². The average Bonchev–Trinajstić information content (AvgIpc) is 2.70. The van der Waals surface area contributed by atoms with Crippen molar-refractivity contribution in [2.75, 3.05) is 6.54 Å². The number of hydrogen-bond acceptors (Lipinski definition) is 2. The second-order valence-electron chi connectivity index (χ2n) is 6.80. The lowest BCUT2D eigenvalue weighted by atomic mass is 10.0. The van der Waals surface area contributed by atoms with Crippen molar-refractivity contribution in [1.29, 1.82) is 0 Å². The number of aromatic nitrogens is 1. The molecule has 1 amide bonds. The Balaban J connectivity index is 1.93. The molecule has 2 heterocycles. The smallest absolute Gasteiger partial charge is 0.410 e. The van der Waals surface area contributed by atoms with Gasteiger partial charge >= 0.3 is 6.09 Å². The zero-order valence-electron chi connectivity index (χ0n) is 13.4. The molecule has 0 bridgehead atoms. The Morgan fingerprint density at radius 3 is 2.73 bits per heavy atom. The molecule has 0 aliphatic carbocycles. The molecule has 1 aliphatic heterocycles. The summed E-state index contributed by atoms with van der Waals surface area (Å²) in [7, 11) is 2.06. The van der Waals surface area contributed by atoms with Gasteiger partial charge in [-0.15, -0.1) is 0 Å². The van der Waals surface area contributed by atoms with Crippen LogP contribution in [-0.4, -0.2) is 27.7 Å². The quantitative estimate of drug-likeness (QED) is 0.700. The maximum Gasteiger partial charge on any atom is 0.410 e. The topological polar surface area (TPSA) is 34.5 Å². The number of amides is 1. The van der Waals surface area contributed by atoms with E-state index in [1.165, 1.54) is 22.2 Å². The molecule has 0 spiro atoms. The van der Waals surface area contributed by atoms with Crippen molar-refractivity contribution in [2.45, 2.75) is 39.3 Å². The van der Waals surface area contributed by atoms with Crippen LogP contribution in [0.1, 0.15) is 32.0 Å². The fourth-order valence-corrected chi connectivity index (χ4v) is 3.38. The van der Waals surface area contributed by atoms with E-state index in [2.05, 4.69) is 45.7 Å². The van der Waals surface area contributed by atoms with Crippen LogP contribution >= 0.6 is 15.9 Å². The van der Waals surface area contributed by atoms with Gasteiger partial charge in [-0.25, -0.2) is 4.79 Å². The number of aryl methyl sites for hydroxylation is 1. The van der Waals surface area contributed by atoms with E-state index in [1.54, 1.807) is 4.90 Å². The predicted octanol–water partition coefficient (Wildman–Crippen LogP) is 4.23. The SMILES string of the molecule is Cn1c2c(c3cc(Br)ccc31)CCN(C(=O)OC(C)(C)C)C2. The molecule has 2 aromatic rings. The van der Waals surface area contributed by atoms with Gasteiger partial charge in [0.2, 0.25) is 0 Å². The summed E-state index contributed by atoms with van der Waals surface area (Å²) in [5, 5.41) is 1.27. The highest BCUT2D eigenvalue weighted by Gasteiger charge is 2.28. The maximum atomic E-state index is 12.3. The van der Waals surface area contributed by atoms with Gasteiger partial charge in [-0.3, -0.25) is 0 Å². The number of ether oxygens (including phenoxy) is 1. The summed E-state index contributed by atoms with van der Waals surface area (Å²) in [4.78, 5) is 14.1. The highest BCUT2D eigenvalue weighted by molar-refractivity contribution is 9.10. The van der Waals surface area contributed by atoms with Gasteiger partial charge < -0.3 is 14.2 Å². The summed E-state index contributed by atoms with van der Waals surface area (Å²) in [5.41, 5.74) is 3.30. The summed E-state index contributed by atoms with van der Waals surface area (Å²) in [6, 6.07) is 6.34. The van der Waals surface area contributed by atoms with Gasteiger partial charge in [0.1, 0.15) is 5.60 Å². The summed E-state index contributed by atoms with van der Waals surface area (Å²) in [5.74, 6) is 0. The fourth-order valence-electron chi connectivity index (χ4n) is 3.02. The van der Waals surface area contributed by atoms with Gasteiger partial charge in [0.15, 0.2) is 0 Å². The van der Waals surface area contributed by atoms with Gasteiger partial charge in [-0.05, 0) is 51.0 Å². The molecular weight excluding hydrogens is 344 g/mol. The van der Waals surface area contributed by atoms with Crippen molar-refractivity contribution in [3.63, 3.8) is 0 Å². The Hall–Kier alpha value is -1.49. The van der Waals surface area contributed by atoms with E-state index in [9.17, 15) is 4.79 Å². The first-order chi connectivity index (χ1) is 10.3. The van der Waals surface area contributed by atoms with Gasteiger partial charge in [0.25, 0.3) is 0 Å². The second kappa shape index (κ2) is 5.30. The van der Waals surface area contributed by atoms with Crippen LogP contribution in [0.2, 0.25) is 0 Å². The van der Waals surface area contributed by atoms with Crippen LogP contribution in [0.15, 0.2) is 22.7 Å². The van der Waals surface area contributed by atoms with Crippen LogP contribution in [0.5, 0.6) is 0 Å². The number of nitrogens with zero attached hydrogens (tertiary/aromatic N) is 2. The third kappa shape index (κ3) is 2.74. The molecule has 3 rings (SSSR count). The third-order valence-corrected chi connectivity index (χ3v) is 4.52. The van der Waals surface area contributed by atoms with E-state index in [1.807, 2.05) is 20.8 Å². The summed E-state index contributed by atoms with van der Waals surface area (Å²) >= 11 is 3.54. The highest BCUT2D eigenvalue weighted by atomic mass is 79.9. The van der Waals surface area contributed by atoms with Crippen LogP contribution in [-0.2, 0) is 24.8 Å². The second-order valence-corrected chi connectivity index (χ2v) is 7.71. The van der Waals surface area contributed by atoms with Gasteiger partial charge in [-0.1, -0.05) is 15.9 Å². The lowest BCUT2D eigenvalue weighted by Gasteiger charge is -2.30. The largest absolute Gasteiger partial charge is 0.444 e. The molecule has 5 heteroatoms. The minimum atomic E-state index is -0.457. The number of carbonyl (C=O) groups is 1. The van der Waals surface area contributed by atoms with Crippen molar-refractivity contribution in [2.24, 2.45) is 7.05 Å². The first kappa shape index (κ1) is 15.4. The van der Waals surface area contributed by atoms with Crippen LogP contribution in [0.25, 0.3) is 10.9 Å². The van der Waals surface area contributed by atoms with Gasteiger partial charge in [0, 0.05) is 34.7 Å². The number of benzene rings is 1. The van der Waals surface area contributed by atoms with E-state index >= 15 is 0 Å². The minimum Gasteiger partial charge on any atom is -0.444 e. The Morgan fingerprint density at radius 2 is 2.05 bits per heavy atom. The van der Waals surface area contributed by atoms with Crippen molar-refractivity contribution in [3.05, 3.63) is 33.9 Å². The van der Waals surface area contributed by atoms with Crippen LogP contribution in [0, 0.1) is 0 Å². The summed E-state index contributed by atoms with van der Waals surface area (Å²) < 4.78 is 8.77. The molecule has 0 unspecified atom stereocenters. The van der Waals surface area contributed by atoms with Crippen LogP contribution < -0.4 is 0 Å². The maximum absolute atomic E-state index is 12.3. The molecule has 0 N–H and O–H groups in total. The Kier molecular flexibility index (Phi) is 3.71. The van der Waals surface area contributed by atoms with Crippen molar-refractivity contribution < 1.29 is 9.53 Å². The summed E-state index contributed by atoms with van der Waals surface area (Å²) in [6.07, 6.45) is 0.632. The highest BCUT2D eigenvalue weighted by Crippen LogP contribution is 2.32. The number of fused-ring (bicyclic) bond motifs is 3. The molecule has 1 aromatic carbocycles. The number of hydrogen-bond donors (Lipinski definition) is 0. The molecule has 0 radical (unpaired) electrons. The Bertz CT molecular complexity index is 743. The summed E-state index contributed by atoms with van der Waals surface area (Å²) in [6.45, 7) is 7.00. The number of rotatable bonds is 0. The molecule has 118 valence electrons. The van der Waals surface area contributed by atoms with Crippen molar-refractivity contribution >= 4 is 32.9 Å². The lowest BCUT2D eigenvalue weighted by Crippen LogP contribution is -2.40. The zero-order valence-corrected chi connectivity index (χ0v) is 15.0. The lowest BCUT2D eigenvalue weighted by molar-refractivity contribution is 0.0220. The molecule has 1 aromatic heterocycles. The van der Waals surface area contributed by atoms with E-state index in [0.29, 0.717) is 13.1 Å². The van der Waals surface area contributed by atoms with Crippen LogP contribution in [0.4, 0.5) is 4.79 Å². The molecular formula is C17H21BrN2O2. The molecule has 1 aliphatic rings. The monoisotopic (exact) mass is 364 g/mol. The molecule has 0 fully saturated rings. The predicted molar refractivity (Wildman–Crippen MR) is 91.0 cm³/mol. The van der Waals surface area contributed by atoms with Crippen molar-refractivity contribution in [1.82, 2.24) is 9.47 Å². The van der Waals surface area contributed by atoms with E-state index < -0.39 is 5.60 Å². The Morgan fingerprint density at radius 1 is 1.32 bits per heavy atom. The van der Waals surface area contributed by atoms with E-state index in [4.69, 9.17) is 4.74 Å². The van der Waals surface area contributed by atoms with Gasteiger partial charge in [0.05, 0.1) is 6.54 Å². The Labute approximate surface area is 139 Å². The molecule has 0 saturated heterocycles. The zero-order chi connectivity index (χ0) is 16.1.